The maximum atomic E-state index is 12.6. The van der Waals surface area contributed by atoms with Crippen molar-refractivity contribution in [2.75, 3.05) is 5.32 Å². The molecule has 1 amide bonds. The summed E-state index contributed by atoms with van der Waals surface area (Å²) in [7, 11) is 0. The quantitative estimate of drug-likeness (QED) is 0.403. The van der Waals surface area contributed by atoms with E-state index in [-0.39, 0.29) is 11.3 Å². The SMILES string of the molecule is O=C(Nc1ccn(Cc2ccccc2)n1)c1ccc(-n2ccnc2)c([N+](=O)[O-])c1. The fourth-order valence-electron chi connectivity index (χ4n) is 2.91. The van der Waals surface area contributed by atoms with Gasteiger partial charge >= 0.3 is 0 Å². The zero-order valence-corrected chi connectivity index (χ0v) is 15.2. The zero-order valence-electron chi connectivity index (χ0n) is 15.2. The lowest BCUT2D eigenvalue weighted by molar-refractivity contribution is -0.384. The number of carbonyl (C=O) groups excluding carboxylic acids is 1. The molecule has 0 atom stereocenters. The van der Waals surface area contributed by atoms with Crippen molar-refractivity contribution in [1.29, 1.82) is 0 Å². The Morgan fingerprint density at radius 3 is 2.66 bits per heavy atom. The van der Waals surface area contributed by atoms with Gasteiger partial charge in [-0.1, -0.05) is 30.3 Å². The van der Waals surface area contributed by atoms with Gasteiger partial charge in [0.15, 0.2) is 5.82 Å². The van der Waals surface area contributed by atoms with E-state index in [2.05, 4.69) is 15.4 Å². The number of nitrogens with one attached hydrogen (secondary N) is 1. The Morgan fingerprint density at radius 1 is 1.10 bits per heavy atom. The van der Waals surface area contributed by atoms with Gasteiger partial charge < -0.3 is 9.88 Å². The van der Waals surface area contributed by atoms with Gasteiger partial charge in [0.25, 0.3) is 11.6 Å². The molecule has 0 spiro atoms. The molecule has 1 N–H and O–H groups in total. The molecule has 4 rings (SSSR count). The first kappa shape index (κ1) is 18.1. The van der Waals surface area contributed by atoms with E-state index in [0.29, 0.717) is 18.1 Å². The number of nitro benzene ring substituents is 1. The summed E-state index contributed by atoms with van der Waals surface area (Å²) in [6.07, 6.45) is 6.34. The van der Waals surface area contributed by atoms with Crippen LogP contribution in [0.4, 0.5) is 11.5 Å². The van der Waals surface area contributed by atoms with Crippen LogP contribution in [0, 0.1) is 10.1 Å². The number of anilines is 1. The van der Waals surface area contributed by atoms with E-state index < -0.39 is 10.8 Å². The number of amides is 1. The molecule has 0 saturated heterocycles. The Hall–Kier alpha value is -4.27. The highest BCUT2D eigenvalue weighted by atomic mass is 16.6. The van der Waals surface area contributed by atoms with E-state index in [1.807, 2.05) is 30.3 Å². The Labute approximate surface area is 165 Å². The largest absolute Gasteiger partial charge is 0.305 e. The summed E-state index contributed by atoms with van der Waals surface area (Å²) < 4.78 is 3.22. The second-order valence-corrected chi connectivity index (χ2v) is 6.27. The van der Waals surface area contributed by atoms with Crippen LogP contribution in [0.1, 0.15) is 15.9 Å². The van der Waals surface area contributed by atoms with Crippen LogP contribution >= 0.6 is 0 Å². The summed E-state index contributed by atoms with van der Waals surface area (Å²) >= 11 is 0. The van der Waals surface area contributed by atoms with Crippen molar-refractivity contribution >= 4 is 17.4 Å². The number of carbonyl (C=O) groups is 1. The molecule has 4 aromatic rings. The predicted octanol–water partition coefficient (Wildman–Crippen LogP) is 3.28. The highest BCUT2D eigenvalue weighted by Crippen LogP contribution is 2.24. The van der Waals surface area contributed by atoms with Crippen LogP contribution in [0.15, 0.2) is 79.5 Å². The number of rotatable bonds is 6. The van der Waals surface area contributed by atoms with Crippen LogP contribution in [0.5, 0.6) is 0 Å². The maximum Gasteiger partial charge on any atom is 0.294 e. The number of nitro groups is 1. The normalized spacial score (nSPS) is 10.6. The number of aromatic nitrogens is 4. The molecule has 144 valence electrons. The molecule has 0 bridgehead atoms. The van der Waals surface area contributed by atoms with Crippen molar-refractivity contribution in [1.82, 2.24) is 19.3 Å². The second kappa shape index (κ2) is 7.77. The number of hydrogen-bond donors (Lipinski definition) is 1. The van der Waals surface area contributed by atoms with Crippen molar-refractivity contribution in [3.63, 3.8) is 0 Å². The molecule has 0 fully saturated rings. The topological polar surface area (TPSA) is 108 Å². The molecule has 0 aliphatic carbocycles. The molecular weight excluding hydrogens is 372 g/mol. The zero-order chi connectivity index (χ0) is 20.2. The van der Waals surface area contributed by atoms with Crippen LogP contribution < -0.4 is 5.32 Å². The van der Waals surface area contributed by atoms with Crippen LogP contribution in [0.2, 0.25) is 0 Å². The molecule has 9 nitrogen and oxygen atoms in total. The van der Waals surface area contributed by atoms with Gasteiger partial charge in [0.1, 0.15) is 5.69 Å². The summed E-state index contributed by atoms with van der Waals surface area (Å²) in [5.74, 6) is -0.109. The molecule has 9 heteroatoms. The first-order chi connectivity index (χ1) is 14.1. The molecule has 0 aliphatic heterocycles. The summed E-state index contributed by atoms with van der Waals surface area (Å²) in [4.78, 5) is 27.4. The monoisotopic (exact) mass is 388 g/mol. The molecule has 2 aromatic heterocycles. The average Bonchev–Trinajstić information content (AvgIpc) is 3.40. The highest BCUT2D eigenvalue weighted by Gasteiger charge is 2.19. The van der Waals surface area contributed by atoms with Crippen LogP contribution in [-0.2, 0) is 6.54 Å². The van der Waals surface area contributed by atoms with E-state index in [1.165, 1.54) is 35.3 Å². The summed E-state index contributed by atoms with van der Waals surface area (Å²) in [5.41, 5.74) is 1.39. The fourth-order valence-corrected chi connectivity index (χ4v) is 2.91. The van der Waals surface area contributed by atoms with Crippen molar-refractivity contribution in [2.24, 2.45) is 0 Å². The minimum absolute atomic E-state index is 0.165. The fraction of sp³-hybridized carbons (Fsp3) is 0.0500. The van der Waals surface area contributed by atoms with Gasteiger partial charge in [-0.3, -0.25) is 19.6 Å². The minimum atomic E-state index is -0.527. The molecular formula is C20H16N6O3. The molecule has 0 radical (unpaired) electrons. The smallest absolute Gasteiger partial charge is 0.294 e. The molecule has 2 heterocycles. The average molecular weight is 388 g/mol. The van der Waals surface area contributed by atoms with Gasteiger partial charge in [-0.25, -0.2) is 4.98 Å². The van der Waals surface area contributed by atoms with Gasteiger partial charge in [0.05, 0.1) is 17.8 Å². The van der Waals surface area contributed by atoms with Crippen molar-refractivity contribution in [2.45, 2.75) is 6.54 Å². The van der Waals surface area contributed by atoms with Crippen LogP contribution in [-0.4, -0.2) is 30.2 Å². The van der Waals surface area contributed by atoms with Crippen LogP contribution in [0.25, 0.3) is 5.69 Å². The van der Waals surface area contributed by atoms with E-state index >= 15 is 0 Å². The number of nitrogens with zero attached hydrogens (tertiary/aromatic N) is 5. The number of hydrogen-bond acceptors (Lipinski definition) is 5. The maximum absolute atomic E-state index is 12.6. The number of imidazole rings is 1. The standard InChI is InChI=1S/C20H16N6O3/c27-20(22-19-8-10-25(23-19)13-15-4-2-1-3-5-15)16-6-7-17(18(12-16)26(28)29)24-11-9-21-14-24/h1-12,14H,13H2,(H,22,23,27). The van der Waals surface area contributed by atoms with Gasteiger partial charge in [-0.05, 0) is 17.7 Å². The van der Waals surface area contributed by atoms with E-state index in [1.54, 1.807) is 23.1 Å². The van der Waals surface area contributed by atoms with Gasteiger partial charge in [-0.2, -0.15) is 5.10 Å². The first-order valence-corrected chi connectivity index (χ1v) is 8.75. The van der Waals surface area contributed by atoms with Gasteiger partial charge in [0.2, 0.25) is 0 Å². The second-order valence-electron chi connectivity index (χ2n) is 6.27. The van der Waals surface area contributed by atoms with Crippen molar-refractivity contribution < 1.29 is 9.72 Å². The Balaban J connectivity index is 1.51. The Morgan fingerprint density at radius 2 is 1.93 bits per heavy atom. The van der Waals surface area contributed by atoms with Crippen LogP contribution in [0.3, 0.4) is 0 Å². The van der Waals surface area contributed by atoms with Crippen molar-refractivity contribution in [3.05, 3.63) is 101 Å². The predicted molar refractivity (Wildman–Crippen MR) is 106 cm³/mol. The Kier molecular flexibility index (Phi) is 4.85. The third-order valence-electron chi connectivity index (χ3n) is 4.29. The highest BCUT2D eigenvalue weighted by molar-refractivity contribution is 6.04. The van der Waals surface area contributed by atoms with Crippen molar-refractivity contribution in [3.8, 4) is 5.69 Å². The minimum Gasteiger partial charge on any atom is -0.305 e. The number of benzene rings is 2. The molecule has 29 heavy (non-hydrogen) atoms. The lowest BCUT2D eigenvalue weighted by Gasteiger charge is -2.07. The third kappa shape index (κ3) is 4.03. The lowest BCUT2D eigenvalue weighted by atomic mass is 10.1. The first-order valence-electron chi connectivity index (χ1n) is 8.75. The Bertz CT molecular complexity index is 1150. The summed E-state index contributed by atoms with van der Waals surface area (Å²) in [6, 6.07) is 15.8. The van der Waals surface area contributed by atoms with Gasteiger partial charge in [0, 0.05) is 36.3 Å². The summed E-state index contributed by atoms with van der Waals surface area (Å²) in [6.45, 7) is 0.571. The van der Waals surface area contributed by atoms with E-state index in [0.717, 1.165) is 5.56 Å². The van der Waals surface area contributed by atoms with E-state index in [4.69, 9.17) is 0 Å². The van der Waals surface area contributed by atoms with Gasteiger partial charge in [-0.15, -0.1) is 0 Å². The van der Waals surface area contributed by atoms with E-state index in [9.17, 15) is 14.9 Å². The summed E-state index contributed by atoms with van der Waals surface area (Å²) in [5, 5.41) is 18.4. The molecule has 2 aromatic carbocycles. The third-order valence-corrected chi connectivity index (χ3v) is 4.29. The lowest BCUT2D eigenvalue weighted by Crippen LogP contribution is -2.13. The molecule has 0 aliphatic rings. The molecule has 0 saturated carbocycles. The molecule has 0 unspecified atom stereocenters.